The maximum Gasteiger partial charge on any atom is 0.0951 e. The van der Waals surface area contributed by atoms with Gasteiger partial charge in [0.25, 0.3) is 0 Å². The molecule has 2 atom stereocenters. The van der Waals surface area contributed by atoms with Gasteiger partial charge in [-0.1, -0.05) is 0 Å². The monoisotopic (exact) mass is 250 g/mol. The first kappa shape index (κ1) is 12.1. The summed E-state index contributed by atoms with van der Waals surface area (Å²) in [5.41, 5.74) is 7.28. The highest BCUT2D eigenvalue weighted by Gasteiger charge is 2.31. The molecule has 0 aromatic carbocycles. The van der Waals surface area contributed by atoms with Gasteiger partial charge in [-0.05, 0) is 19.8 Å². The number of aromatic nitrogens is 2. The van der Waals surface area contributed by atoms with Gasteiger partial charge in [-0.15, -0.1) is 0 Å². The fraction of sp³-hybridized carbons (Fsp3) is 0.769. The molecule has 0 bridgehead atoms. The second-order valence-electron chi connectivity index (χ2n) is 5.38. The van der Waals surface area contributed by atoms with Gasteiger partial charge in [-0.25, -0.2) is 4.98 Å². The summed E-state index contributed by atoms with van der Waals surface area (Å²) in [5.74, 6) is 0. The molecule has 0 spiro atoms. The second kappa shape index (κ2) is 4.99. The molecule has 1 saturated heterocycles. The molecular formula is C13H22N4O. The summed E-state index contributed by atoms with van der Waals surface area (Å²) in [6, 6.07) is 0.939. The van der Waals surface area contributed by atoms with Crippen molar-refractivity contribution in [3.63, 3.8) is 0 Å². The Balaban J connectivity index is 1.80. The van der Waals surface area contributed by atoms with E-state index in [2.05, 4.69) is 21.4 Å². The number of nitrogens with zero attached hydrogens (tertiary/aromatic N) is 3. The third-order valence-corrected chi connectivity index (χ3v) is 3.91. The number of imidazole rings is 1. The number of nitrogens with two attached hydrogens (primary N) is 1. The summed E-state index contributed by atoms with van der Waals surface area (Å²) in [6.45, 7) is 5.48. The minimum Gasteiger partial charge on any atom is -0.376 e. The quantitative estimate of drug-likeness (QED) is 0.864. The highest BCUT2D eigenvalue weighted by Crippen LogP contribution is 2.37. The molecule has 1 aromatic rings. The lowest BCUT2D eigenvalue weighted by molar-refractivity contribution is -0.0343. The summed E-state index contributed by atoms with van der Waals surface area (Å²) in [6.07, 6.45) is 6.79. The highest BCUT2D eigenvalue weighted by molar-refractivity contribution is 5.10. The van der Waals surface area contributed by atoms with Crippen LogP contribution in [-0.4, -0.2) is 46.8 Å². The molecule has 5 heteroatoms. The molecule has 1 aliphatic heterocycles. The van der Waals surface area contributed by atoms with E-state index < -0.39 is 0 Å². The lowest BCUT2D eigenvalue weighted by Gasteiger charge is -2.37. The first-order chi connectivity index (χ1) is 8.79. The van der Waals surface area contributed by atoms with Crippen molar-refractivity contribution < 1.29 is 4.74 Å². The van der Waals surface area contributed by atoms with Crippen molar-refractivity contribution >= 4 is 0 Å². The average Bonchev–Trinajstić information content (AvgIpc) is 3.10. The normalized spacial score (nSPS) is 27.3. The number of ether oxygens (including phenoxy) is 1. The van der Waals surface area contributed by atoms with Crippen LogP contribution < -0.4 is 5.73 Å². The van der Waals surface area contributed by atoms with Crippen LogP contribution in [0.4, 0.5) is 0 Å². The van der Waals surface area contributed by atoms with Gasteiger partial charge in [-0.2, -0.15) is 0 Å². The molecule has 0 amide bonds. The number of rotatable bonds is 4. The maximum atomic E-state index is 6.01. The molecule has 2 unspecified atom stereocenters. The molecule has 2 aliphatic rings. The fourth-order valence-corrected chi connectivity index (χ4v) is 2.82. The van der Waals surface area contributed by atoms with Crippen molar-refractivity contribution in [1.29, 1.82) is 0 Å². The SMILES string of the molecule is CC1CN(C(CN)c2cncn2C2CC2)CCO1. The largest absolute Gasteiger partial charge is 0.376 e. The zero-order chi connectivity index (χ0) is 12.5. The van der Waals surface area contributed by atoms with Crippen molar-refractivity contribution in [2.45, 2.75) is 38.0 Å². The minimum atomic E-state index is 0.277. The van der Waals surface area contributed by atoms with E-state index in [-0.39, 0.29) is 6.04 Å². The predicted molar refractivity (Wildman–Crippen MR) is 69.3 cm³/mol. The van der Waals surface area contributed by atoms with Gasteiger partial charge in [0.1, 0.15) is 0 Å². The summed E-state index contributed by atoms with van der Waals surface area (Å²) < 4.78 is 7.92. The van der Waals surface area contributed by atoms with Crippen molar-refractivity contribution in [2.75, 3.05) is 26.2 Å². The van der Waals surface area contributed by atoms with E-state index in [1.807, 2.05) is 12.5 Å². The van der Waals surface area contributed by atoms with E-state index in [1.54, 1.807) is 0 Å². The molecule has 1 aromatic heterocycles. The van der Waals surface area contributed by atoms with Gasteiger partial charge in [0.05, 0.1) is 30.8 Å². The molecule has 3 rings (SSSR count). The number of morpholine rings is 1. The predicted octanol–water partition coefficient (Wildman–Crippen LogP) is 0.938. The molecule has 18 heavy (non-hydrogen) atoms. The lowest BCUT2D eigenvalue weighted by atomic mass is 10.1. The molecule has 1 aliphatic carbocycles. The van der Waals surface area contributed by atoms with Crippen molar-refractivity contribution in [2.24, 2.45) is 5.73 Å². The average molecular weight is 250 g/mol. The Labute approximate surface area is 108 Å². The summed E-state index contributed by atoms with van der Waals surface area (Å²) in [7, 11) is 0. The van der Waals surface area contributed by atoms with Gasteiger partial charge in [0.15, 0.2) is 0 Å². The third-order valence-electron chi connectivity index (χ3n) is 3.91. The van der Waals surface area contributed by atoms with Crippen LogP contribution in [0.5, 0.6) is 0 Å². The molecular weight excluding hydrogens is 228 g/mol. The Morgan fingerprint density at radius 3 is 3.06 bits per heavy atom. The van der Waals surface area contributed by atoms with Crippen LogP contribution in [-0.2, 0) is 4.74 Å². The molecule has 2 N–H and O–H groups in total. The Kier molecular flexibility index (Phi) is 3.37. The van der Waals surface area contributed by atoms with E-state index in [1.165, 1.54) is 18.5 Å². The van der Waals surface area contributed by atoms with Crippen molar-refractivity contribution in [3.05, 3.63) is 18.2 Å². The summed E-state index contributed by atoms with van der Waals surface area (Å²) in [5, 5.41) is 0. The van der Waals surface area contributed by atoms with Crippen LogP contribution in [0.2, 0.25) is 0 Å². The van der Waals surface area contributed by atoms with Crippen LogP contribution in [0.25, 0.3) is 0 Å². The molecule has 5 nitrogen and oxygen atoms in total. The van der Waals surface area contributed by atoms with Gasteiger partial charge >= 0.3 is 0 Å². The van der Waals surface area contributed by atoms with Gasteiger partial charge in [0.2, 0.25) is 0 Å². The van der Waals surface area contributed by atoms with E-state index in [9.17, 15) is 0 Å². The molecule has 2 heterocycles. The molecule has 0 radical (unpaired) electrons. The van der Waals surface area contributed by atoms with Crippen molar-refractivity contribution in [1.82, 2.24) is 14.5 Å². The van der Waals surface area contributed by atoms with Crippen LogP contribution in [0.3, 0.4) is 0 Å². The molecule has 100 valence electrons. The van der Waals surface area contributed by atoms with Crippen molar-refractivity contribution in [3.8, 4) is 0 Å². The van der Waals surface area contributed by atoms with E-state index in [0.29, 0.717) is 18.7 Å². The lowest BCUT2D eigenvalue weighted by Crippen LogP contribution is -2.45. The summed E-state index contributed by atoms with van der Waals surface area (Å²) in [4.78, 5) is 6.75. The Bertz CT molecular complexity index is 401. The zero-order valence-corrected chi connectivity index (χ0v) is 11.0. The minimum absolute atomic E-state index is 0.277. The fourth-order valence-electron chi connectivity index (χ4n) is 2.82. The topological polar surface area (TPSA) is 56.3 Å². The number of hydrogen-bond acceptors (Lipinski definition) is 4. The first-order valence-corrected chi connectivity index (χ1v) is 6.87. The van der Waals surface area contributed by atoms with E-state index in [0.717, 1.165) is 19.7 Å². The Hall–Kier alpha value is -0.910. The maximum absolute atomic E-state index is 6.01. The van der Waals surface area contributed by atoms with E-state index >= 15 is 0 Å². The van der Waals surface area contributed by atoms with Gasteiger partial charge in [0, 0.05) is 31.9 Å². The van der Waals surface area contributed by atoms with Gasteiger partial charge in [-0.3, -0.25) is 4.90 Å². The van der Waals surface area contributed by atoms with Crippen LogP contribution in [0.1, 0.15) is 37.5 Å². The number of hydrogen-bond donors (Lipinski definition) is 1. The zero-order valence-electron chi connectivity index (χ0n) is 11.0. The Morgan fingerprint density at radius 2 is 2.39 bits per heavy atom. The second-order valence-corrected chi connectivity index (χ2v) is 5.38. The van der Waals surface area contributed by atoms with Crippen LogP contribution in [0, 0.1) is 0 Å². The van der Waals surface area contributed by atoms with E-state index in [4.69, 9.17) is 10.5 Å². The molecule has 1 saturated carbocycles. The molecule has 2 fully saturated rings. The van der Waals surface area contributed by atoms with Crippen LogP contribution in [0.15, 0.2) is 12.5 Å². The third kappa shape index (κ3) is 2.30. The van der Waals surface area contributed by atoms with Crippen LogP contribution >= 0.6 is 0 Å². The smallest absolute Gasteiger partial charge is 0.0951 e. The summed E-state index contributed by atoms with van der Waals surface area (Å²) >= 11 is 0. The standard InChI is InChI=1S/C13H22N4O/c1-10-8-16(4-5-18-10)12(6-14)13-7-15-9-17(13)11-2-3-11/h7,9-12H,2-6,8,14H2,1H3. The first-order valence-electron chi connectivity index (χ1n) is 6.87. The van der Waals surface area contributed by atoms with Gasteiger partial charge < -0.3 is 15.0 Å². The Morgan fingerprint density at radius 1 is 1.56 bits per heavy atom. The highest BCUT2D eigenvalue weighted by atomic mass is 16.5.